The molecule has 0 aromatic heterocycles. The van der Waals surface area contributed by atoms with Gasteiger partial charge in [0.1, 0.15) is 13.3 Å². The first-order chi connectivity index (χ1) is 5.10. The zero-order valence-electron chi connectivity index (χ0n) is 5.47. The van der Waals surface area contributed by atoms with Crippen molar-refractivity contribution >= 4 is 6.09 Å². The minimum Gasteiger partial charge on any atom is -0.465 e. The lowest BCUT2D eigenvalue weighted by Crippen LogP contribution is -2.50. The van der Waals surface area contributed by atoms with Crippen molar-refractivity contribution in [3.63, 3.8) is 0 Å². The topological polar surface area (TPSA) is 73.1 Å². The van der Waals surface area contributed by atoms with Gasteiger partial charge in [0.05, 0.1) is 6.07 Å². The third-order valence-electron chi connectivity index (χ3n) is 1.02. The van der Waals surface area contributed by atoms with Gasteiger partial charge in [-0.25, -0.2) is 13.6 Å². The number of hydrogen-bond acceptors (Lipinski definition) is 2. The summed E-state index contributed by atoms with van der Waals surface area (Å²) in [5.74, 6) is 0. The van der Waals surface area contributed by atoms with E-state index in [-0.39, 0.29) is 0 Å². The number of nitrogens with zero attached hydrogens (tertiary/aromatic N) is 1. The SMILES string of the molecule is N#CC(CF)(CF)NC(=O)O. The van der Waals surface area contributed by atoms with E-state index in [1.807, 2.05) is 0 Å². The Kier molecular flexibility index (Phi) is 3.24. The molecule has 0 radical (unpaired) electrons. The highest BCUT2D eigenvalue weighted by Gasteiger charge is 2.32. The van der Waals surface area contributed by atoms with Crippen LogP contribution in [-0.2, 0) is 0 Å². The van der Waals surface area contributed by atoms with Crippen LogP contribution in [0.3, 0.4) is 0 Å². The van der Waals surface area contributed by atoms with E-state index < -0.39 is 25.0 Å². The molecule has 0 rings (SSSR count). The average Bonchev–Trinajstić information content (AvgIpc) is 2.00. The van der Waals surface area contributed by atoms with Crippen LogP contribution >= 0.6 is 0 Å². The van der Waals surface area contributed by atoms with Gasteiger partial charge < -0.3 is 5.11 Å². The van der Waals surface area contributed by atoms with Crippen molar-refractivity contribution in [3.8, 4) is 6.07 Å². The molecule has 0 bridgehead atoms. The van der Waals surface area contributed by atoms with E-state index in [2.05, 4.69) is 0 Å². The van der Waals surface area contributed by atoms with E-state index in [1.54, 1.807) is 0 Å². The predicted molar refractivity (Wildman–Crippen MR) is 31.5 cm³/mol. The summed E-state index contributed by atoms with van der Waals surface area (Å²) in [5, 5.41) is 17.7. The molecule has 0 heterocycles. The van der Waals surface area contributed by atoms with Gasteiger partial charge in [0.25, 0.3) is 0 Å². The molecule has 0 fully saturated rings. The van der Waals surface area contributed by atoms with Gasteiger partial charge in [-0.05, 0) is 0 Å². The Morgan fingerprint density at radius 1 is 1.64 bits per heavy atom. The summed E-state index contributed by atoms with van der Waals surface area (Å²) in [4.78, 5) is 9.90. The Labute approximate surface area is 61.4 Å². The Bertz CT molecular complexity index is 185. The maximum Gasteiger partial charge on any atom is 0.406 e. The van der Waals surface area contributed by atoms with Crippen molar-refractivity contribution in [2.75, 3.05) is 13.3 Å². The maximum atomic E-state index is 11.9. The van der Waals surface area contributed by atoms with E-state index in [4.69, 9.17) is 10.4 Å². The van der Waals surface area contributed by atoms with Gasteiger partial charge in [-0.2, -0.15) is 5.26 Å². The van der Waals surface area contributed by atoms with Gasteiger partial charge in [-0.1, -0.05) is 0 Å². The third-order valence-corrected chi connectivity index (χ3v) is 1.02. The number of nitriles is 1. The Morgan fingerprint density at radius 3 is 2.18 bits per heavy atom. The third kappa shape index (κ3) is 2.37. The summed E-state index contributed by atoms with van der Waals surface area (Å²) in [6.07, 6.45) is -1.62. The lowest BCUT2D eigenvalue weighted by Gasteiger charge is -2.17. The van der Waals surface area contributed by atoms with Crippen LogP contribution in [0.4, 0.5) is 13.6 Å². The van der Waals surface area contributed by atoms with Gasteiger partial charge >= 0.3 is 6.09 Å². The standard InChI is InChI=1S/C5H6F2N2O2/c6-1-5(2-7,3-8)9-4(10)11/h9H,1-2H2,(H,10,11). The molecule has 4 nitrogen and oxygen atoms in total. The lowest BCUT2D eigenvalue weighted by molar-refractivity contribution is 0.170. The highest BCUT2D eigenvalue weighted by molar-refractivity contribution is 5.66. The van der Waals surface area contributed by atoms with E-state index in [1.165, 1.54) is 11.4 Å². The van der Waals surface area contributed by atoms with Crippen LogP contribution in [0.25, 0.3) is 0 Å². The Morgan fingerprint density at radius 2 is 2.09 bits per heavy atom. The summed E-state index contributed by atoms with van der Waals surface area (Å²) in [7, 11) is 0. The smallest absolute Gasteiger partial charge is 0.406 e. The molecule has 0 aliphatic carbocycles. The monoisotopic (exact) mass is 164 g/mol. The summed E-state index contributed by atoms with van der Waals surface area (Å²) in [6.45, 7) is -2.77. The molecule has 0 aromatic rings. The van der Waals surface area contributed by atoms with Gasteiger partial charge in [0.2, 0.25) is 0 Å². The highest BCUT2D eigenvalue weighted by atomic mass is 19.1. The average molecular weight is 164 g/mol. The molecular formula is C5H6F2N2O2. The molecule has 0 atom stereocenters. The van der Waals surface area contributed by atoms with Crippen LogP contribution in [0.1, 0.15) is 0 Å². The molecule has 6 heteroatoms. The number of amides is 1. The predicted octanol–water partition coefficient (Wildman–Crippen LogP) is 0.455. The lowest BCUT2D eigenvalue weighted by atomic mass is 10.1. The quantitative estimate of drug-likeness (QED) is 0.636. The molecule has 11 heavy (non-hydrogen) atoms. The van der Waals surface area contributed by atoms with Gasteiger partial charge in [0.15, 0.2) is 5.54 Å². The van der Waals surface area contributed by atoms with E-state index in [0.29, 0.717) is 0 Å². The van der Waals surface area contributed by atoms with Crippen molar-refractivity contribution in [2.24, 2.45) is 0 Å². The molecule has 0 aliphatic heterocycles. The number of halogens is 2. The number of carbonyl (C=O) groups is 1. The van der Waals surface area contributed by atoms with Crippen molar-refractivity contribution in [1.82, 2.24) is 5.32 Å². The second kappa shape index (κ2) is 3.71. The molecule has 0 saturated carbocycles. The highest BCUT2D eigenvalue weighted by Crippen LogP contribution is 2.04. The first kappa shape index (κ1) is 9.62. The molecule has 0 saturated heterocycles. The summed E-state index contributed by atoms with van der Waals surface area (Å²) in [5.41, 5.74) is -2.23. The molecule has 2 N–H and O–H groups in total. The van der Waals surface area contributed by atoms with Crippen molar-refractivity contribution in [3.05, 3.63) is 0 Å². The summed E-state index contributed by atoms with van der Waals surface area (Å²) >= 11 is 0. The van der Waals surface area contributed by atoms with Crippen molar-refractivity contribution < 1.29 is 18.7 Å². The second-order valence-corrected chi connectivity index (χ2v) is 1.89. The van der Waals surface area contributed by atoms with Gasteiger partial charge in [-0.3, -0.25) is 5.32 Å². The normalized spacial score (nSPS) is 10.3. The number of rotatable bonds is 3. The van der Waals surface area contributed by atoms with Crippen molar-refractivity contribution in [1.29, 1.82) is 5.26 Å². The molecule has 0 aliphatic rings. The minimum absolute atomic E-state index is 1.20. The van der Waals surface area contributed by atoms with Crippen LogP contribution in [0.15, 0.2) is 0 Å². The largest absolute Gasteiger partial charge is 0.465 e. The van der Waals surface area contributed by atoms with Gasteiger partial charge in [-0.15, -0.1) is 0 Å². The number of hydrogen-bond donors (Lipinski definition) is 2. The molecule has 0 aromatic carbocycles. The number of nitrogens with one attached hydrogen (secondary N) is 1. The van der Waals surface area contributed by atoms with Crippen LogP contribution < -0.4 is 5.32 Å². The fraction of sp³-hybridized carbons (Fsp3) is 0.600. The Balaban J connectivity index is 4.32. The first-order valence-corrected chi connectivity index (χ1v) is 2.64. The molecule has 1 amide bonds. The zero-order chi connectivity index (χ0) is 8.91. The Hall–Kier alpha value is -1.38. The van der Waals surface area contributed by atoms with E-state index in [9.17, 15) is 13.6 Å². The molecule has 62 valence electrons. The first-order valence-electron chi connectivity index (χ1n) is 2.64. The van der Waals surface area contributed by atoms with Crippen molar-refractivity contribution in [2.45, 2.75) is 5.54 Å². The summed E-state index contributed by atoms with van der Waals surface area (Å²) < 4.78 is 23.8. The van der Waals surface area contributed by atoms with Crippen LogP contribution in [-0.4, -0.2) is 30.1 Å². The van der Waals surface area contributed by atoms with Crippen LogP contribution in [0, 0.1) is 11.3 Å². The minimum atomic E-state index is -2.23. The fourth-order valence-corrected chi connectivity index (χ4v) is 0.395. The maximum absolute atomic E-state index is 11.9. The van der Waals surface area contributed by atoms with Crippen LogP contribution in [0.5, 0.6) is 0 Å². The molecule has 0 spiro atoms. The van der Waals surface area contributed by atoms with E-state index in [0.717, 1.165) is 0 Å². The number of carboxylic acid groups (broad SMARTS) is 1. The molecular weight excluding hydrogens is 158 g/mol. The number of alkyl halides is 2. The van der Waals surface area contributed by atoms with E-state index >= 15 is 0 Å². The van der Waals surface area contributed by atoms with Gasteiger partial charge in [0, 0.05) is 0 Å². The fourth-order valence-electron chi connectivity index (χ4n) is 0.395. The molecule has 0 unspecified atom stereocenters. The summed E-state index contributed by atoms with van der Waals surface area (Å²) in [6, 6.07) is 1.20. The van der Waals surface area contributed by atoms with Crippen LogP contribution in [0.2, 0.25) is 0 Å². The second-order valence-electron chi connectivity index (χ2n) is 1.89. The zero-order valence-corrected chi connectivity index (χ0v) is 5.47.